The molecule has 0 aliphatic heterocycles. The molecule has 0 radical (unpaired) electrons. The van der Waals surface area contributed by atoms with Gasteiger partial charge in [0.15, 0.2) is 0 Å². The summed E-state index contributed by atoms with van der Waals surface area (Å²) in [6.07, 6.45) is 0.878. The quantitative estimate of drug-likeness (QED) is 0.902. The number of ether oxygens (including phenoxy) is 1. The molecule has 0 unspecified atom stereocenters. The molecule has 0 aromatic heterocycles. The first-order chi connectivity index (χ1) is 6.72. The van der Waals surface area contributed by atoms with Crippen molar-refractivity contribution in [2.24, 2.45) is 0 Å². The van der Waals surface area contributed by atoms with Gasteiger partial charge >= 0.3 is 0 Å². The normalized spacial score (nSPS) is 13.1. The molecule has 1 aromatic carbocycles. The van der Waals surface area contributed by atoms with Gasteiger partial charge in [-0.05, 0) is 35.3 Å². The van der Waals surface area contributed by atoms with Crippen LogP contribution in [0.2, 0.25) is 0 Å². The highest BCUT2D eigenvalue weighted by Crippen LogP contribution is 2.11. The number of hydrogen-bond acceptors (Lipinski definition) is 2. The molecule has 0 amide bonds. The molecule has 2 nitrogen and oxygen atoms in total. The van der Waals surface area contributed by atoms with E-state index < -0.39 is 6.10 Å². The average molecular weight is 261 g/mol. The highest BCUT2D eigenvalue weighted by atomic mass is 79.9. The van der Waals surface area contributed by atoms with Crippen LogP contribution >= 0.6 is 15.9 Å². The molecule has 1 aromatic rings. The summed E-state index contributed by atoms with van der Waals surface area (Å²) in [5, 5.41) is 9.25. The highest BCUT2D eigenvalue weighted by Gasteiger charge is 2.00. The van der Waals surface area contributed by atoms with Gasteiger partial charge in [0.1, 0.15) is 24.3 Å². The van der Waals surface area contributed by atoms with Crippen molar-refractivity contribution in [2.75, 3.05) is 6.61 Å². The largest absolute Gasteiger partial charge is 0.491 e. The Balaban J connectivity index is 2.42. The first-order valence-electron chi connectivity index (χ1n) is 4.05. The van der Waals surface area contributed by atoms with Crippen molar-refractivity contribution in [1.82, 2.24) is 0 Å². The van der Waals surface area contributed by atoms with Crippen molar-refractivity contribution in [3.8, 4) is 5.75 Å². The lowest BCUT2D eigenvalue weighted by Gasteiger charge is -2.08. The Hall–Kier alpha value is -0.870. The summed E-state index contributed by atoms with van der Waals surface area (Å²) < 4.78 is 17.7. The number of rotatable bonds is 4. The van der Waals surface area contributed by atoms with Crippen LogP contribution in [0.15, 0.2) is 35.3 Å². The van der Waals surface area contributed by atoms with Gasteiger partial charge in [-0.15, -0.1) is 0 Å². The van der Waals surface area contributed by atoms with Crippen molar-refractivity contribution in [1.29, 1.82) is 0 Å². The van der Waals surface area contributed by atoms with E-state index >= 15 is 0 Å². The second-order valence-corrected chi connectivity index (χ2v) is 3.18. The molecule has 0 spiro atoms. The standard InChI is InChI=1S/C10H10BrFO2/c11-6-5-9(13)7-14-10-3-1-8(12)2-4-10/h1-6,9,13H,7H2/b6-5+/t9-/m0/s1. The lowest BCUT2D eigenvalue weighted by Crippen LogP contribution is -2.14. The molecule has 0 fully saturated rings. The number of hydrogen-bond donors (Lipinski definition) is 1. The Morgan fingerprint density at radius 1 is 1.43 bits per heavy atom. The summed E-state index contributed by atoms with van der Waals surface area (Å²) >= 11 is 3.04. The van der Waals surface area contributed by atoms with Crippen LogP contribution in [0.25, 0.3) is 0 Å². The maximum absolute atomic E-state index is 12.5. The fourth-order valence-corrected chi connectivity index (χ4v) is 1.20. The smallest absolute Gasteiger partial charge is 0.123 e. The molecule has 4 heteroatoms. The van der Waals surface area contributed by atoms with Crippen LogP contribution in [-0.2, 0) is 0 Å². The Kier molecular flexibility index (Phi) is 4.62. The van der Waals surface area contributed by atoms with Crippen LogP contribution in [-0.4, -0.2) is 17.8 Å². The third kappa shape index (κ3) is 3.89. The van der Waals surface area contributed by atoms with E-state index in [1.807, 2.05) is 0 Å². The van der Waals surface area contributed by atoms with E-state index in [2.05, 4.69) is 15.9 Å². The number of aliphatic hydroxyl groups excluding tert-OH is 1. The van der Waals surface area contributed by atoms with Crippen LogP contribution in [0.3, 0.4) is 0 Å². The number of halogens is 2. The van der Waals surface area contributed by atoms with Crippen LogP contribution in [0, 0.1) is 5.82 Å². The second-order valence-electron chi connectivity index (χ2n) is 2.65. The van der Waals surface area contributed by atoms with Gasteiger partial charge in [0.25, 0.3) is 0 Å². The highest BCUT2D eigenvalue weighted by molar-refractivity contribution is 9.11. The zero-order chi connectivity index (χ0) is 10.4. The summed E-state index contributed by atoms with van der Waals surface area (Å²) in [7, 11) is 0. The van der Waals surface area contributed by atoms with Crippen LogP contribution in [0.1, 0.15) is 0 Å². The van der Waals surface area contributed by atoms with Crippen molar-refractivity contribution >= 4 is 15.9 Å². The van der Waals surface area contributed by atoms with Gasteiger partial charge in [-0.3, -0.25) is 0 Å². The SMILES string of the molecule is O[C@@H](/C=C/Br)COc1ccc(F)cc1. The summed E-state index contributed by atoms with van der Waals surface area (Å²) in [5.74, 6) is 0.228. The summed E-state index contributed by atoms with van der Waals surface area (Å²) in [5.41, 5.74) is 0. The maximum atomic E-state index is 12.5. The Morgan fingerprint density at radius 3 is 2.64 bits per heavy atom. The molecular formula is C10H10BrFO2. The molecule has 0 heterocycles. The summed E-state index contributed by atoms with van der Waals surface area (Å²) in [6.45, 7) is 0.147. The fourth-order valence-electron chi connectivity index (χ4n) is 0.852. The maximum Gasteiger partial charge on any atom is 0.123 e. The minimum atomic E-state index is -0.667. The molecule has 1 atom stereocenters. The predicted molar refractivity (Wildman–Crippen MR) is 56.0 cm³/mol. The average Bonchev–Trinajstić information content (AvgIpc) is 2.17. The lowest BCUT2D eigenvalue weighted by molar-refractivity contribution is 0.144. The van der Waals surface area contributed by atoms with E-state index in [0.717, 1.165) is 0 Å². The van der Waals surface area contributed by atoms with Crippen LogP contribution in [0.4, 0.5) is 4.39 Å². The molecule has 14 heavy (non-hydrogen) atoms. The predicted octanol–water partition coefficient (Wildman–Crippen LogP) is 2.47. The molecule has 0 saturated heterocycles. The fraction of sp³-hybridized carbons (Fsp3) is 0.200. The van der Waals surface area contributed by atoms with E-state index in [1.165, 1.54) is 24.3 Å². The van der Waals surface area contributed by atoms with Gasteiger partial charge < -0.3 is 9.84 Å². The Morgan fingerprint density at radius 2 is 2.07 bits per heavy atom. The summed E-state index contributed by atoms with van der Waals surface area (Å²) in [4.78, 5) is 1.56. The van der Waals surface area contributed by atoms with Crippen LogP contribution in [0.5, 0.6) is 5.75 Å². The first kappa shape index (κ1) is 11.2. The van der Waals surface area contributed by atoms with E-state index in [-0.39, 0.29) is 12.4 Å². The number of benzene rings is 1. The Bertz CT molecular complexity index is 297. The Labute approximate surface area is 90.1 Å². The van der Waals surface area contributed by atoms with Crippen molar-refractivity contribution < 1.29 is 14.2 Å². The third-order valence-electron chi connectivity index (χ3n) is 1.53. The number of aliphatic hydroxyl groups is 1. The third-order valence-corrected chi connectivity index (χ3v) is 1.83. The molecule has 1 N–H and O–H groups in total. The molecule has 0 bridgehead atoms. The molecule has 0 aliphatic carbocycles. The molecule has 76 valence electrons. The monoisotopic (exact) mass is 260 g/mol. The molecular weight excluding hydrogens is 251 g/mol. The molecule has 0 aliphatic rings. The van der Waals surface area contributed by atoms with E-state index in [0.29, 0.717) is 5.75 Å². The van der Waals surface area contributed by atoms with Crippen LogP contribution < -0.4 is 4.74 Å². The van der Waals surface area contributed by atoms with Gasteiger partial charge in [-0.2, -0.15) is 0 Å². The van der Waals surface area contributed by atoms with Crippen molar-refractivity contribution in [3.05, 3.63) is 41.1 Å². The van der Waals surface area contributed by atoms with Crippen molar-refractivity contribution in [3.63, 3.8) is 0 Å². The zero-order valence-electron chi connectivity index (χ0n) is 7.36. The molecule has 0 saturated carbocycles. The van der Waals surface area contributed by atoms with E-state index in [9.17, 15) is 9.50 Å². The lowest BCUT2D eigenvalue weighted by atomic mass is 10.3. The van der Waals surface area contributed by atoms with E-state index in [4.69, 9.17) is 4.74 Å². The minimum absolute atomic E-state index is 0.147. The summed E-state index contributed by atoms with van der Waals surface area (Å²) in [6, 6.07) is 5.64. The van der Waals surface area contributed by atoms with Crippen molar-refractivity contribution in [2.45, 2.75) is 6.10 Å². The topological polar surface area (TPSA) is 29.5 Å². The zero-order valence-corrected chi connectivity index (χ0v) is 8.95. The van der Waals surface area contributed by atoms with Gasteiger partial charge in [-0.25, -0.2) is 4.39 Å². The van der Waals surface area contributed by atoms with E-state index in [1.54, 1.807) is 11.1 Å². The van der Waals surface area contributed by atoms with Gasteiger partial charge in [0, 0.05) is 0 Å². The van der Waals surface area contributed by atoms with Gasteiger partial charge in [-0.1, -0.05) is 15.9 Å². The first-order valence-corrected chi connectivity index (χ1v) is 4.97. The minimum Gasteiger partial charge on any atom is -0.491 e. The van der Waals surface area contributed by atoms with Gasteiger partial charge in [0.2, 0.25) is 0 Å². The second kappa shape index (κ2) is 5.78. The molecule has 1 rings (SSSR count). The van der Waals surface area contributed by atoms with Gasteiger partial charge in [0.05, 0.1) is 0 Å².